The molecule has 0 radical (unpaired) electrons. The van der Waals surface area contributed by atoms with Crippen molar-refractivity contribution in [2.24, 2.45) is 0 Å². The van der Waals surface area contributed by atoms with Crippen molar-refractivity contribution in [3.63, 3.8) is 0 Å². The van der Waals surface area contributed by atoms with Crippen molar-refractivity contribution in [3.05, 3.63) is 41.9 Å². The van der Waals surface area contributed by atoms with E-state index in [0.717, 1.165) is 0 Å². The number of amides is 3. The summed E-state index contributed by atoms with van der Waals surface area (Å²) in [5, 5.41) is 2.35. The molecular weight excluding hydrogens is 358 g/mol. The van der Waals surface area contributed by atoms with Crippen molar-refractivity contribution in [1.82, 2.24) is 16.2 Å². The number of rotatable bonds is 6. The molecule has 0 saturated heterocycles. The first-order chi connectivity index (χ1) is 13.0. The van der Waals surface area contributed by atoms with Crippen molar-refractivity contribution in [3.8, 4) is 17.2 Å². The number of hydrogen-bond donors (Lipinski definition) is 3. The zero-order valence-electron chi connectivity index (χ0n) is 15.0. The van der Waals surface area contributed by atoms with Crippen LogP contribution < -0.4 is 30.4 Å². The molecule has 27 heavy (non-hydrogen) atoms. The van der Waals surface area contributed by atoms with Gasteiger partial charge in [0.15, 0.2) is 11.5 Å². The lowest BCUT2D eigenvalue weighted by atomic mass is 10.1. The Hall–Kier alpha value is -3.69. The minimum absolute atomic E-state index is 0.0384. The summed E-state index contributed by atoms with van der Waals surface area (Å²) in [6, 6.07) is 6.23. The van der Waals surface area contributed by atoms with E-state index in [1.54, 1.807) is 12.1 Å². The molecular formula is C17H19N3O7. The molecule has 1 aromatic carbocycles. The Labute approximate surface area is 154 Å². The number of benzene rings is 1. The van der Waals surface area contributed by atoms with Gasteiger partial charge in [-0.2, -0.15) is 0 Å². The third-order valence-corrected chi connectivity index (χ3v) is 3.45. The summed E-state index contributed by atoms with van der Waals surface area (Å²) in [7, 11) is 4.19. The third-order valence-electron chi connectivity index (χ3n) is 3.45. The number of methoxy groups -OCH3 is 3. The summed E-state index contributed by atoms with van der Waals surface area (Å²) < 4.78 is 20.6. The minimum Gasteiger partial charge on any atom is -0.493 e. The number of hydrogen-bond acceptors (Lipinski definition) is 7. The molecule has 0 spiro atoms. The highest BCUT2D eigenvalue weighted by Gasteiger charge is 2.22. The van der Waals surface area contributed by atoms with Crippen LogP contribution in [0.3, 0.4) is 0 Å². The van der Waals surface area contributed by atoms with Crippen LogP contribution in [0.15, 0.2) is 34.9 Å². The van der Waals surface area contributed by atoms with Gasteiger partial charge in [0.25, 0.3) is 5.91 Å². The minimum atomic E-state index is -1.05. The van der Waals surface area contributed by atoms with Crippen molar-refractivity contribution < 1.29 is 33.0 Å². The molecule has 10 nitrogen and oxygen atoms in total. The summed E-state index contributed by atoms with van der Waals surface area (Å²) >= 11 is 0. The van der Waals surface area contributed by atoms with Crippen LogP contribution in [0.4, 0.5) is 0 Å². The monoisotopic (exact) mass is 377 g/mol. The first-order valence-electron chi connectivity index (χ1n) is 7.71. The van der Waals surface area contributed by atoms with Crippen LogP contribution >= 0.6 is 0 Å². The summed E-state index contributed by atoms with van der Waals surface area (Å²) in [6.07, 6.45) is 1.44. The van der Waals surface area contributed by atoms with E-state index in [2.05, 4.69) is 10.7 Å². The second kappa shape index (κ2) is 9.13. The van der Waals surface area contributed by atoms with E-state index in [4.69, 9.17) is 18.6 Å². The quantitative estimate of drug-likeness (QED) is 0.490. The Kier molecular flexibility index (Phi) is 6.64. The molecule has 2 aromatic rings. The topological polar surface area (TPSA) is 128 Å². The Morgan fingerprint density at radius 1 is 0.926 bits per heavy atom. The van der Waals surface area contributed by atoms with Crippen molar-refractivity contribution in [2.75, 3.05) is 21.3 Å². The maximum absolute atomic E-state index is 12.3. The van der Waals surface area contributed by atoms with Gasteiger partial charge < -0.3 is 23.9 Å². The van der Waals surface area contributed by atoms with Crippen molar-refractivity contribution >= 4 is 17.7 Å². The number of carbonyl (C=O) groups is 3. The van der Waals surface area contributed by atoms with E-state index in [1.807, 2.05) is 5.43 Å². The second-order valence-electron chi connectivity index (χ2n) is 5.05. The molecule has 0 unspecified atom stereocenters. The standard InChI is InChI=1S/C17H19N3O7/c1-24-12-7-6-11(13(25-2)14(12)26-3)15(21)19-20-17(23)16(22)18-9-10-5-4-8-27-10/h4-8H,9H2,1-3H3,(H,18,22)(H,19,21)(H,20,23). The zero-order chi connectivity index (χ0) is 19.8. The van der Waals surface area contributed by atoms with E-state index in [1.165, 1.54) is 39.7 Å². The highest BCUT2D eigenvalue weighted by atomic mass is 16.5. The van der Waals surface area contributed by atoms with Crippen LogP contribution in [0.1, 0.15) is 16.1 Å². The summed E-state index contributed by atoms with van der Waals surface area (Å²) in [4.78, 5) is 35.8. The average molecular weight is 377 g/mol. The predicted molar refractivity (Wildman–Crippen MR) is 92.3 cm³/mol. The van der Waals surface area contributed by atoms with Crippen LogP contribution in [0.25, 0.3) is 0 Å². The fourth-order valence-corrected chi connectivity index (χ4v) is 2.18. The molecule has 1 heterocycles. The molecule has 10 heteroatoms. The van der Waals surface area contributed by atoms with Gasteiger partial charge >= 0.3 is 11.8 Å². The number of carbonyl (C=O) groups excluding carboxylic acids is 3. The SMILES string of the molecule is COc1ccc(C(=O)NNC(=O)C(=O)NCc2ccco2)c(OC)c1OC. The maximum atomic E-state index is 12.3. The van der Waals surface area contributed by atoms with Gasteiger partial charge in [-0.05, 0) is 24.3 Å². The molecule has 0 saturated carbocycles. The molecule has 144 valence electrons. The highest BCUT2D eigenvalue weighted by Crippen LogP contribution is 2.39. The summed E-state index contributed by atoms with van der Waals surface area (Å²) in [6.45, 7) is 0.0384. The average Bonchev–Trinajstić information content (AvgIpc) is 3.21. The molecule has 3 amide bonds. The lowest BCUT2D eigenvalue weighted by molar-refractivity contribution is -0.139. The Bertz CT molecular complexity index is 818. The van der Waals surface area contributed by atoms with Crippen LogP contribution in [0.5, 0.6) is 17.2 Å². The number of furan rings is 1. The van der Waals surface area contributed by atoms with Gasteiger partial charge in [-0.25, -0.2) is 0 Å². The Morgan fingerprint density at radius 3 is 2.26 bits per heavy atom. The van der Waals surface area contributed by atoms with Gasteiger partial charge in [-0.1, -0.05) is 0 Å². The van der Waals surface area contributed by atoms with Gasteiger partial charge in [0.2, 0.25) is 5.75 Å². The molecule has 0 fully saturated rings. The molecule has 0 aliphatic carbocycles. The fraction of sp³-hybridized carbons (Fsp3) is 0.235. The molecule has 1 aromatic heterocycles. The Balaban J connectivity index is 1.98. The van der Waals surface area contributed by atoms with Gasteiger partial charge in [0, 0.05) is 0 Å². The number of hydrazine groups is 1. The highest BCUT2D eigenvalue weighted by molar-refractivity contribution is 6.35. The van der Waals surface area contributed by atoms with Gasteiger partial charge in [-0.3, -0.25) is 25.2 Å². The van der Waals surface area contributed by atoms with Gasteiger partial charge in [-0.15, -0.1) is 0 Å². The first-order valence-corrected chi connectivity index (χ1v) is 7.71. The predicted octanol–water partition coefficient (Wildman–Crippen LogP) is 0.383. The molecule has 0 bridgehead atoms. The van der Waals surface area contributed by atoms with Crippen LogP contribution in [0.2, 0.25) is 0 Å². The number of nitrogens with one attached hydrogen (secondary N) is 3. The fourth-order valence-electron chi connectivity index (χ4n) is 2.18. The maximum Gasteiger partial charge on any atom is 0.327 e. The van der Waals surface area contributed by atoms with E-state index in [-0.39, 0.29) is 23.6 Å². The summed E-state index contributed by atoms with van der Waals surface area (Å²) in [5.41, 5.74) is 4.23. The number of ether oxygens (including phenoxy) is 3. The van der Waals surface area contributed by atoms with Crippen molar-refractivity contribution in [1.29, 1.82) is 0 Å². The Morgan fingerprint density at radius 2 is 1.67 bits per heavy atom. The van der Waals surface area contributed by atoms with Crippen LogP contribution in [-0.2, 0) is 16.1 Å². The van der Waals surface area contributed by atoms with E-state index in [9.17, 15) is 14.4 Å². The zero-order valence-corrected chi connectivity index (χ0v) is 15.0. The molecule has 0 atom stereocenters. The lowest BCUT2D eigenvalue weighted by Crippen LogP contribution is -2.48. The largest absolute Gasteiger partial charge is 0.493 e. The van der Waals surface area contributed by atoms with E-state index >= 15 is 0 Å². The van der Waals surface area contributed by atoms with Crippen LogP contribution in [-0.4, -0.2) is 39.1 Å². The van der Waals surface area contributed by atoms with Gasteiger partial charge in [0.05, 0.1) is 39.7 Å². The van der Waals surface area contributed by atoms with E-state index in [0.29, 0.717) is 11.5 Å². The van der Waals surface area contributed by atoms with Crippen LogP contribution in [0, 0.1) is 0 Å². The molecule has 2 rings (SSSR count). The molecule has 3 N–H and O–H groups in total. The smallest absolute Gasteiger partial charge is 0.327 e. The van der Waals surface area contributed by atoms with Gasteiger partial charge in [0.1, 0.15) is 5.76 Å². The van der Waals surface area contributed by atoms with Crippen molar-refractivity contribution in [2.45, 2.75) is 6.54 Å². The summed E-state index contributed by atoms with van der Waals surface area (Å²) in [5.74, 6) is -1.51. The molecule has 0 aliphatic rings. The lowest BCUT2D eigenvalue weighted by Gasteiger charge is -2.15. The molecule has 0 aliphatic heterocycles. The normalized spacial score (nSPS) is 9.89. The first kappa shape index (κ1) is 19.6. The third kappa shape index (κ3) is 4.69. The second-order valence-corrected chi connectivity index (χ2v) is 5.05. The van der Waals surface area contributed by atoms with E-state index < -0.39 is 17.7 Å².